The SMILES string of the molecule is CCOc1ccc(NC(=O)N2CCCCC2CC(N)=O)cc1-n1cccc1. The first-order valence-corrected chi connectivity index (χ1v) is 9.34. The molecule has 1 aliphatic rings. The van der Waals surface area contributed by atoms with Crippen molar-refractivity contribution in [1.29, 1.82) is 0 Å². The van der Waals surface area contributed by atoms with Crippen LogP contribution in [0.25, 0.3) is 5.69 Å². The van der Waals surface area contributed by atoms with Gasteiger partial charge in [-0.3, -0.25) is 4.79 Å². The molecule has 0 saturated carbocycles. The van der Waals surface area contributed by atoms with E-state index >= 15 is 0 Å². The summed E-state index contributed by atoms with van der Waals surface area (Å²) in [6.07, 6.45) is 6.79. The number of anilines is 1. The van der Waals surface area contributed by atoms with E-state index in [1.807, 2.05) is 54.2 Å². The maximum Gasteiger partial charge on any atom is 0.322 e. The van der Waals surface area contributed by atoms with Gasteiger partial charge in [0.15, 0.2) is 0 Å². The van der Waals surface area contributed by atoms with Gasteiger partial charge in [-0.2, -0.15) is 0 Å². The quantitative estimate of drug-likeness (QED) is 0.818. The molecule has 0 spiro atoms. The molecule has 1 aromatic carbocycles. The fourth-order valence-corrected chi connectivity index (χ4v) is 3.48. The summed E-state index contributed by atoms with van der Waals surface area (Å²) >= 11 is 0. The Labute approximate surface area is 159 Å². The molecular formula is C20H26N4O3. The molecule has 1 fully saturated rings. The Kier molecular flexibility index (Phi) is 6.01. The zero-order valence-corrected chi connectivity index (χ0v) is 15.6. The Balaban J connectivity index is 1.79. The minimum absolute atomic E-state index is 0.136. The molecule has 7 heteroatoms. The molecular weight excluding hydrogens is 344 g/mol. The van der Waals surface area contributed by atoms with Crippen molar-refractivity contribution in [2.24, 2.45) is 5.73 Å². The monoisotopic (exact) mass is 370 g/mol. The van der Waals surface area contributed by atoms with Gasteiger partial charge in [-0.25, -0.2) is 4.79 Å². The number of ether oxygens (including phenoxy) is 1. The van der Waals surface area contributed by atoms with Crippen molar-refractivity contribution in [2.45, 2.75) is 38.6 Å². The highest BCUT2D eigenvalue weighted by Gasteiger charge is 2.28. The second-order valence-corrected chi connectivity index (χ2v) is 6.65. The molecule has 0 bridgehead atoms. The maximum atomic E-state index is 12.8. The van der Waals surface area contributed by atoms with Crippen LogP contribution in [0.3, 0.4) is 0 Å². The van der Waals surface area contributed by atoms with Crippen LogP contribution in [0.5, 0.6) is 5.75 Å². The number of piperidine rings is 1. The third kappa shape index (κ3) is 4.61. The van der Waals surface area contributed by atoms with Crippen LogP contribution in [0.15, 0.2) is 42.7 Å². The summed E-state index contributed by atoms with van der Waals surface area (Å²) in [4.78, 5) is 25.8. The number of urea groups is 1. The second-order valence-electron chi connectivity index (χ2n) is 6.65. The summed E-state index contributed by atoms with van der Waals surface area (Å²) in [5.74, 6) is 0.368. The fourth-order valence-electron chi connectivity index (χ4n) is 3.48. The van der Waals surface area contributed by atoms with E-state index in [0.29, 0.717) is 18.8 Å². The van der Waals surface area contributed by atoms with Gasteiger partial charge >= 0.3 is 6.03 Å². The topological polar surface area (TPSA) is 89.6 Å². The summed E-state index contributed by atoms with van der Waals surface area (Å²) in [6.45, 7) is 3.12. The molecule has 1 unspecified atom stereocenters. The first-order chi connectivity index (χ1) is 13.1. The molecule has 1 aromatic heterocycles. The number of hydrogen-bond acceptors (Lipinski definition) is 3. The normalized spacial score (nSPS) is 16.8. The van der Waals surface area contributed by atoms with Gasteiger partial charge in [-0.1, -0.05) is 0 Å². The standard InChI is InChI=1S/C20H26N4O3/c1-2-27-18-9-8-15(13-17(18)23-10-5-6-11-23)22-20(26)24-12-4-3-7-16(24)14-19(21)25/h5-6,8-11,13,16H,2-4,7,12,14H2,1H3,(H2,21,25)(H,22,26). The lowest BCUT2D eigenvalue weighted by Crippen LogP contribution is -2.47. The predicted octanol–water partition coefficient (Wildman–Crippen LogP) is 3.14. The average Bonchev–Trinajstić information content (AvgIpc) is 3.17. The van der Waals surface area contributed by atoms with Gasteiger partial charge in [0.1, 0.15) is 5.75 Å². The van der Waals surface area contributed by atoms with Gasteiger partial charge in [-0.15, -0.1) is 0 Å². The molecule has 0 radical (unpaired) electrons. The highest BCUT2D eigenvalue weighted by Crippen LogP contribution is 2.28. The van der Waals surface area contributed by atoms with Gasteiger partial charge in [0, 0.05) is 37.1 Å². The third-order valence-corrected chi connectivity index (χ3v) is 4.72. The number of carbonyl (C=O) groups is 2. The van der Waals surface area contributed by atoms with E-state index < -0.39 is 0 Å². The Morgan fingerprint density at radius 2 is 2.04 bits per heavy atom. The maximum absolute atomic E-state index is 12.8. The molecule has 2 aromatic rings. The number of primary amides is 1. The summed E-state index contributed by atoms with van der Waals surface area (Å²) < 4.78 is 7.64. The number of hydrogen-bond donors (Lipinski definition) is 2. The molecule has 27 heavy (non-hydrogen) atoms. The highest BCUT2D eigenvalue weighted by atomic mass is 16.5. The van der Waals surface area contributed by atoms with E-state index in [2.05, 4.69) is 5.32 Å². The molecule has 2 heterocycles. The smallest absolute Gasteiger partial charge is 0.322 e. The molecule has 7 nitrogen and oxygen atoms in total. The molecule has 144 valence electrons. The van der Waals surface area contributed by atoms with E-state index in [4.69, 9.17) is 10.5 Å². The van der Waals surface area contributed by atoms with E-state index in [1.54, 1.807) is 4.90 Å². The summed E-state index contributed by atoms with van der Waals surface area (Å²) in [5.41, 5.74) is 6.87. The van der Waals surface area contributed by atoms with Gasteiger partial charge in [-0.05, 0) is 56.5 Å². The number of likely N-dealkylation sites (tertiary alicyclic amines) is 1. The van der Waals surface area contributed by atoms with Crippen molar-refractivity contribution in [3.05, 3.63) is 42.7 Å². The Morgan fingerprint density at radius 1 is 1.26 bits per heavy atom. The van der Waals surface area contributed by atoms with Crippen molar-refractivity contribution in [2.75, 3.05) is 18.5 Å². The number of aromatic nitrogens is 1. The number of nitrogens with two attached hydrogens (primary N) is 1. The van der Waals surface area contributed by atoms with Crippen molar-refractivity contribution >= 4 is 17.6 Å². The molecule has 1 saturated heterocycles. The van der Waals surface area contributed by atoms with E-state index in [0.717, 1.165) is 30.7 Å². The highest BCUT2D eigenvalue weighted by molar-refractivity contribution is 5.90. The summed E-state index contributed by atoms with van der Waals surface area (Å²) in [5, 5.41) is 2.95. The minimum atomic E-state index is -0.379. The average molecular weight is 370 g/mol. The largest absolute Gasteiger partial charge is 0.492 e. The van der Waals surface area contributed by atoms with Crippen molar-refractivity contribution in [1.82, 2.24) is 9.47 Å². The molecule has 3 amide bonds. The minimum Gasteiger partial charge on any atom is -0.492 e. The number of carbonyl (C=O) groups excluding carboxylic acids is 2. The van der Waals surface area contributed by atoms with Gasteiger partial charge in [0.25, 0.3) is 0 Å². The van der Waals surface area contributed by atoms with E-state index in [-0.39, 0.29) is 24.4 Å². The van der Waals surface area contributed by atoms with Crippen molar-refractivity contribution in [3.63, 3.8) is 0 Å². The van der Waals surface area contributed by atoms with Crippen LogP contribution in [0.1, 0.15) is 32.6 Å². The van der Waals surface area contributed by atoms with E-state index in [1.165, 1.54) is 0 Å². The molecule has 0 aliphatic carbocycles. The lowest BCUT2D eigenvalue weighted by Gasteiger charge is -2.35. The third-order valence-electron chi connectivity index (χ3n) is 4.72. The second kappa shape index (κ2) is 8.62. The van der Waals surface area contributed by atoms with Crippen molar-refractivity contribution in [3.8, 4) is 11.4 Å². The number of benzene rings is 1. The molecule has 1 aliphatic heterocycles. The first kappa shape index (κ1) is 18.8. The number of nitrogens with zero attached hydrogens (tertiary/aromatic N) is 2. The van der Waals surface area contributed by atoms with Gasteiger partial charge < -0.3 is 25.3 Å². The zero-order valence-electron chi connectivity index (χ0n) is 15.6. The Hall–Kier alpha value is -2.96. The van der Waals surface area contributed by atoms with Crippen LogP contribution in [0.2, 0.25) is 0 Å². The van der Waals surface area contributed by atoms with Crippen LogP contribution >= 0.6 is 0 Å². The van der Waals surface area contributed by atoms with Crippen LogP contribution in [-0.2, 0) is 4.79 Å². The Morgan fingerprint density at radius 3 is 2.74 bits per heavy atom. The lowest BCUT2D eigenvalue weighted by atomic mass is 9.99. The van der Waals surface area contributed by atoms with Crippen LogP contribution in [0.4, 0.5) is 10.5 Å². The summed E-state index contributed by atoms with van der Waals surface area (Å²) in [7, 11) is 0. The molecule has 3 rings (SSSR count). The van der Waals surface area contributed by atoms with Gasteiger partial charge in [0.2, 0.25) is 5.91 Å². The summed E-state index contributed by atoms with van der Waals surface area (Å²) in [6, 6.07) is 9.09. The Bertz CT molecular complexity index is 789. The molecule has 1 atom stereocenters. The van der Waals surface area contributed by atoms with Crippen molar-refractivity contribution < 1.29 is 14.3 Å². The predicted molar refractivity (Wildman–Crippen MR) is 104 cm³/mol. The fraction of sp³-hybridized carbons (Fsp3) is 0.400. The molecule has 3 N–H and O–H groups in total. The lowest BCUT2D eigenvalue weighted by molar-refractivity contribution is -0.119. The van der Waals surface area contributed by atoms with Crippen LogP contribution in [-0.4, -0.2) is 40.6 Å². The zero-order chi connectivity index (χ0) is 19.2. The number of nitrogens with one attached hydrogen (secondary N) is 1. The van der Waals surface area contributed by atoms with E-state index in [9.17, 15) is 9.59 Å². The van der Waals surface area contributed by atoms with Gasteiger partial charge in [0.05, 0.1) is 12.3 Å². The van der Waals surface area contributed by atoms with Crippen LogP contribution in [0, 0.1) is 0 Å². The van der Waals surface area contributed by atoms with Crippen LogP contribution < -0.4 is 15.8 Å². The number of rotatable bonds is 6. The number of amides is 3. The first-order valence-electron chi connectivity index (χ1n) is 9.34.